The maximum atomic E-state index is 12.7. The molecule has 0 amide bonds. The molecule has 2 aliphatic rings. The first-order valence-electron chi connectivity index (χ1n) is 8.24. The molecule has 2 aromatic rings. The minimum atomic E-state index is -4.06. The topological polar surface area (TPSA) is 182 Å². The Labute approximate surface area is 166 Å². The molecular weight excluding hydrogens is 431 g/mol. The van der Waals surface area contributed by atoms with Crippen molar-refractivity contribution in [1.29, 1.82) is 0 Å². The zero-order valence-electron chi connectivity index (χ0n) is 14.5. The van der Waals surface area contributed by atoms with Crippen LogP contribution in [0.15, 0.2) is 33.6 Å². The Hall–Kier alpha value is -2.22. The number of aliphatic hydroxyl groups excluding tert-OH is 1. The van der Waals surface area contributed by atoms with E-state index in [-0.39, 0.29) is 18.2 Å². The van der Waals surface area contributed by atoms with E-state index in [1.807, 2.05) is 0 Å². The molecule has 0 saturated carbocycles. The lowest BCUT2D eigenvalue weighted by atomic mass is 10.1. The Kier molecular flexibility index (Phi) is 5.23. The molecule has 1 unspecified atom stereocenters. The van der Waals surface area contributed by atoms with Crippen LogP contribution in [-0.4, -0.2) is 43.6 Å². The number of phosphoric acid groups is 1. The summed E-state index contributed by atoms with van der Waals surface area (Å²) >= 11 is 1.21. The van der Waals surface area contributed by atoms with Gasteiger partial charge < -0.3 is 15.3 Å². The predicted octanol–water partition coefficient (Wildman–Crippen LogP) is 1.04. The first kappa shape index (κ1) is 20.1. The fraction of sp³-hybridized carbons (Fsp3) is 0.429. The number of phosphoric ester groups is 1. The van der Waals surface area contributed by atoms with E-state index in [0.29, 0.717) is 0 Å². The lowest BCUT2D eigenvalue weighted by Gasteiger charge is -2.31. The molecule has 13 nitrogen and oxygen atoms in total. The molecule has 29 heavy (non-hydrogen) atoms. The average molecular weight is 446 g/mol. The molecule has 4 heterocycles. The van der Waals surface area contributed by atoms with Crippen molar-refractivity contribution >= 4 is 31.3 Å². The van der Waals surface area contributed by atoms with E-state index in [1.165, 1.54) is 34.7 Å². The van der Waals surface area contributed by atoms with Crippen molar-refractivity contribution in [3.63, 3.8) is 0 Å². The smallest absolute Gasteiger partial charge is 0.403 e. The second-order valence-corrected chi connectivity index (χ2v) is 9.16. The Morgan fingerprint density at radius 1 is 1.48 bits per heavy atom. The first-order chi connectivity index (χ1) is 13.8. The lowest BCUT2D eigenvalue weighted by molar-refractivity contribution is -0.402. The third kappa shape index (κ3) is 3.95. The van der Waals surface area contributed by atoms with Gasteiger partial charge in [-0.2, -0.15) is 4.98 Å². The van der Waals surface area contributed by atoms with Gasteiger partial charge in [0.1, 0.15) is 40.7 Å². The fourth-order valence-electron chi connectivity index (χ4n) is 2.93. The van der Waals surface area contributed by atoms with Gasteiger partial charge in [0.05, 0.1) is 17.9 Å². The summed E-state index contributed by atoms with van der Waals surface area (Å²) in [7, 11) is -4.06. The number of rotatable bonds is 5. The number of aliphatic hydroxyl groups is 1. The molecule has 0 spiro atoms. The van der Waals surface area contributed by atoms with Crippen LogP contribution in [0.3, 0.4) is 0 Å². The molecule has 2 saturated heterocycles. The second-order valence-electron chi connectivity index (χ2n) is 6.18. The molecule has 0 aromatic carbocycles. The van der Waals surface area contributed by atoms with Crippen molar-refractivity contribution < 1.29 is 32.6 Å². The summed E-state index contributed by atoms with van der Waals surface area (Å²) in [5.41, 5.74) is 4.84. The van der Waals surface area contributed by atoms with Crippen molar-refractivity contribution in [2.24, 2.45) is 0 Å². The summed E-state index contributed by atoms with van der Waals surface area (Å²) in [4.78, 5) is 25.6. The molecule has 0 radical (unpaired) electrons. The number of nitro groups is 1. The number of aromatic nitrogens is 2. The van der Waals surface area contributed by atoms with Crippen LogP contribution >= 0.6 is 19.6 Å². The number of nitrogens with two attached hydrogens (primary N) is 1. The van der Waals surface area contributed by atoms with Crippen LogP contribution in [0.25, 0.3) is 0 Å². The zero-order chi connectivity index (χ0) is 20.8. The number of nitrogens with zero attached hydrogens (tertiary/aromatic N) is 3. The monoisotopic (exact) mass is 446 g/mol. The summed E-state index contributed by atoms with van der Waals surface area (Å²) < 4.78 is 34.6. The minimum absolute atomic E-state index is 0.0526. The van der Waals surface area contributed by atoms with Gasteiger partial charge in [0.2, 0.25) is 0 Å². The van der Waals surface area contributed by atoms with Gasteiger partial charge in [0, 0.05) is 6.20 Å². The van der Waals surface area contributed by atoms with Crippen LogP contribution in [0.5, 0.6) is 0 Å². The van der Waals surface area contributed by atoms with Crippen molar-refractivity contribution in [3.8, 4) is 0 Å². The predicted molar refractivity (Wildman–Crippen MR) is 97.9 cm³/mol. The normalized spacial score (nSPS) is 31.5. The Morgan fingerprint density at radius 3 is 2.97 bits per heavy atom. The van der Waals surface area contributed by atoms with Crippen molar-refractivity contribution in [2.75, 3.05) is 12.3 Å². The zero-order valence-corrected chi connectivity index (χ0v) is 16.2. The third-order valence-corrected chi connectivity index (χ3v) is 7.23. The van der Waals surface area contributed by atoms with Crippen LogP contribution < -0.4 is 11.4 Å². The molecule has 0 aliphatic carbocycles. The molecule has 5 atom stereocenters. The van der Waals surface area contributed by atoms with Gasteiger partial charge in [-0.05, 0) is 12.1 Å². The average Bonchev–Trinajstić information content (AvgIpc) is 3.26. The Bertz CT molecular complexity index is 1040. The van der Waals surface area contributed by atoms with E-state index in [1.54, 1.807) is 0 Å². The van der Waals surface area contributed by atoms with Gasteiger partial charge in [0.25, 0.3) is 0 Å². The number of nitrogen functional groups attached to an aromatic ring is 1. The molecular formula is C14H15N4O9PS. The Morgan fingerprint density at radius 2 is 2.28 bits per heavy atom. The number of hydrogen-bond donors (Lipinski definition) is 2. The molecule has 3 N–H and O–H groups in total. The number of thioether (sulfide) groups is 1. The number of fused-ring (bicyclic) bond motifs is 1. The van der Waals surface area contributed by atoms with E-state index in [0.717, 1.165) is 6.07 Å². The highest BCUT2D eigenvalue weighted by molar-refractivity contribution is 8.00. The number of anilines is 1. The maximum Gasteiger partial charge on any atom is 0.475 e. The van der Waals surface area contributed by atoms with Crippen LogP contribution in [0, 0.1) is 10.1 Å². The standard InChI is InChI=1S/C14H15N4O9PS/c15-9-3-4-17(14(20)16-9)13-11(19)12-8(29-13)6-25-28(23,27-12)24-5-7-1-2-10(26-7)18(21)22/h1-4,8,11-13,19H,5-6H2,(H2,15,16,20)/t8-,11+,12-,13-,28?/m1/s1. The molecule has 2 fully saturated rings. The van der Waals surface area contributed by atoms with E-state index >= 15 is 0 Å². The summed E-state index contributed by atoms with van der Waals surface area (Å²) in [6.45, 7) is -0.452. The number of furan rings is 1. The SMILES string of the molecule is Nc1ccn([C@@H]2S[C@@H]3COP(=O)(OCc4ccc([N+](=O)[O-])o4)O[C@H]3[C@@H]2O)c(=O)n1. The van der Waals surface area contributed by atoms with E-state index in [9.17, 15) is 24.6 Å². The van der Waals surface area contributed by atoms with Gasteiger partial charge in [-0.15, -0.1) is 11.8 Å². The van der Waals surface area contributed by atoms with Crippen LogP contribution in [0.4, 0.5) is 11.7 Å². The molecule has 2 aliphatic heterocycles. The first-order valence-corrected chi connectivity index (χ1v) is 10.6. The highest BCUT2D eigenvalue weighted by Crippen LogP contribution is 2.59. The van der Waals surface area contributed by atoms with Gasteiger partial charge in [-0.3, -0.25) is 28.3 Å². The van der Waals surface area contributed by atoms with Gasteiger partial charge in [0.15, 0.2) is 0 Å². The lowest BCUT2D eigenvalue weighted by Crippen LogP contribution is -2.40. The van der Waals surface area contributed by atoms with Crippen molar-refractivity contribution in [3.05, 3.63) is 50.8 Å². The summed E-state index contributed by atoms with van der Waals surface area (Å²) in [6, 6.07) is 3.85. The highest BCUT2D eigenvalue weighted by atomic mass is 32.2. The van der Waals surface area contributed by atoms with Crippen molar-refractivity contribution in [2.45, 2.75) is 29.4 Å². The van der Waals surface area contributed by atoms with Crippen molar-refractivity contribution in [1.82, 2.24) is 9.55 Å². The molecule has 2 aromatic heterocycles. The summed E-state index contributed by atoms with van der Waals surface area (Å²) in [5, 5.41) is 20.1. The van der Waals surface area contributed by atoms with Gasteiger partial charge in [-0.1, -0.05) is 0 Å². The number of hydrogen-bond acceptors (Lipinski definition) is 12. The van der Waals surface area contributed by atoms with Gasteiger partial charge in [-0.25, -0.2) is 9.36 Å². The van der Waals surface area contributed by atoms with Gasteiger partial charge >= 0.3 is 19.4 Å². The quantitative estimate of drug-likeness (QED) is 0.379. The molecule has 4 rings (SSSR count). The summed E-state index contributed by atoms with van der Waals surface area (Å²) in [6.07, 6.45) is -0.720. The Balaban J connectivity index is 1.45. The molecule has 15 heteroatoms. The van der Waals surface area contributed by atoms with E-state index in [2.05, 4.69) is 4.98 Å². The maximum absolute atomic E-state index is 12.7. The molecule has 156 valence electrons. The van der Waals surface area contributed by atoms with Crippen LogP contribution in [0.2, 0.25) is 0 Å². The highest BCUT2D eigenvalue weighted by Gasteiger charge is 2.53. The van der Waals surface area contributed by atoms with Crippen LogP contribution in [0.1, 0.15) is 11.1 Å². The molecule has 0 bridgehead atoms. The van der Waals surface area contributed by atoms with Crippen LogP contribution in [-0.2, 0) is 24.7 Å². The summed E-state index contributed by atoms with van der Waals surface area (Å²) in [5.74, 6) is -0.378. The van der Waals surface area contributed by atoms with E-state index in [4.69, 9.17) is 23.7 Å². The second kappa shape index (κ2) is 7.55. The van der Waals surface area contributed by atoms with E-state index < -0.39 is 53.8 Å². The fourth-order valence-corrected chi connectivity index (χ4v) is 5.99. The minimum Gasteiger partial charge on any atom is -0.403 e. The largest absolute Gasteiger partial charge is 0.475 e. The third-order valence-electron chi connectivity index (χ3n) is 4.28.